The van der Waals surface area contributed by atoms with Crippen LogP contribution in [0, 0.1) is 11.8 Å². The second-order valence-electron chi connectivity index (χ2n) is 11.0. The molecule has 6 rings (SSSR count). The summed E-state index contributed by atoms with van der Waals surface area (Å²) in [6, 6.07) is 26.9. The molecule has 4 atom stereocenters. The Morgan fingerprint density at radius 2 is 1.38 bits per heavy atom. The first kappa shape index (κ1) is 26.0. The Balaban J connectivity index is 1.67. The lowest BCUT2D eigenvalue weighted by molar-refractivity contribution is -0.0660. The van der Waals surface area contributed by atoms with Crippen molar-refractivity contribution in [2.75, 3.05) is 0 Å². The summed E-state index contributed by atoms with van der Waals surface area (Å²) in [7, 11) is 0. The summed E-state index contributed by atoms with van der Waals surface area (Å²) in [5.74, 6) is -0.827. The number of hydrogen-bond donors (Lipinski definition) is 2. The van der Waals surface area contributed by atoms with Crippen molar-refractivity contribution in [3.63, 3.8) is 0 Å². The predicted molar refractivity (Wildman–Crippen MR) is 165 cm³/mol. The molecule has 0 bridgehead atoms. The first-order chi connectivity index (χ1) is 19.4. The van der Waals surface area contributed by atoms with Gasteiger partial charge >= 0.3 is 0 Å². The molecule has 0 radical (unpaired) electrons. The normalized spacial score (nSPS) is 27.2. The van der Waals surface area contributed by atoms with Gasteiger partial charge < -0.3 is 10.2 Å². The maximum atomic E-state index is 13.3. The van der Waals surface area contributed by atoms with Gasteiger partial charge in [0.15, 0.2) is 0 Å². The van der Waals surface area contributed by atoms with Crippen molar-refractivity contribution < 1.29 is 10.2 Å². The minimum absolute atomic E-state index is 0.387. The average Bonchev–Trinajstić information content (AvgIpc) is 3.28. The van der Waals surface area contributed by atoms with Crippen LogP contribution in [-0.2, 0) is 5.60 Å². The van der Waals surface area contributed by atoms with Gasteiger partial charge in [0.25, 0.3) is 0 Å². The summed E-state index contributed by atoms with van der Waals surface area (Å²) in [5, 5.41) is 25.4. The molecule has 3 aromatic carbocycles. The van der Waals surface area contributed by atoms with E-state index in [1.807, 2.05) is 61.5 Å². The molecule has 40 heavy (non-hydrogen) atoms. The van der Waals surface area contributed by atoms with Gasteiger partial charge in [-0.05, 0) is 69.5 Å². The topological polar surface area (TPSA) is 40.5 Å². The van der Waals surface area contributed by atoms with Crippen LogP contribution in [0.15, 0.2) is 163 Å². The molecule has 1 fully saturated rings. The lowest BCUT2D eigenvalue weighted by Crippen LogP contribution is -2.56. The summed E-state index contributed by atoms with van der Waals surface area (Å²) < 4.78 is 0. The first-order valence-corrected chi connectivity index (χ1v) is 13.9. The molecular weight excluding hydrogens is 488 g/mol. The van der Waals surface area contributed by atoms with Crippen molar-refractivity contribution in [1.29, 1.82) is 0 Å². The number of aliphatic hydroxyl groups is 2. The van der Waals surface area contributed by atoms with Crippen LogP contribution in [0.3, 0.4) is 0 Å². The van der Waals surface area contributed by atoms with E-state index in [2.05, 4.69) is 79.9 Å². The zero-order chi connectivity index (χ0) is 27.9. The van der Waals surface area contributed by atoms with E-state index < -0.39 is 17.1 Å². The van der Waals surface area contributed by atoms with E-state index >= 15 is 0 Å². The molecule has 1 saturated carbocycles. The Morgan fingerprint density at radius 3 is 2.02 bits per heavy atom. The second kappa shape index (κ2) is 10.1. The number of hydrogen-bond acceptors (Lipinski definition) is 2. The summed E-state index contributed by atoms with van der Waals surface area (Å²) in [5.41, 5.74) is 5.72. The van der Waals surface area contributed by atoms with Crippen molar-refractivity contribution in [1.82, 2.24) is 0 Å². The largest absolute Gasteiger partial charge is 0.385 e. The Labute approximate surface area is 237 Å². The second-order valence-corrected chi connectivity index (χ2v) is 11.0. The van der Waals surface area contributed by atoms with Crippen LogP contribution in [-0.4, -0.2) is 15.8 Å². The van der Waals surface area contributed by atoms with Crippen LogP contribution in [0.25, 0.3) is 22.3 Å². The molecule has 2 N–H and O–H groups in total. The molecule has 2 nitrogen and oxygen atoms in total. The fourth-order valence-corrected chi connectivity index (χ4v) is 6.71. The molecule has 0 aliphatic heterocycles. The van der Waals surface area contributed by atoms with Gasteiger partial charge in [0.2, 0.25) is 0 Å². The van der Waals surface area contributed by atoms with Crippen LogP contribution in [0.5, 0.6) is 0 Å². The van der Waals surface area contributed by atoms with E-state index in [-0.39, 0.29) is 5.92 Å². The SMILES string of the molecule is C=CC1=CC2C(C=C1C=C)C(O)(c1ccc(-c3ccccc3)cc1-c1ccccc1)C1=CCC=CC=C1C2(C)O. The third-order valence-corrected chi connectivity index (χ3v) is 8.73. The van der Waals surface area contributed by atoms with E-state index in [4.69, 9.17) is 0 Å². The van der Waals surface area contributed by atoms with Gasteiger partial charge in [-0.3, -0.25) is 0 Å². The fourth-order valence-electron chi connectivity index (χ4n) is 6.71. The molecule has 2 heteroatoms. The molecule has 3 aliphatic carbocycles. The lowest BCUT2D eigenvalue weighted by Gasteiger charge is -2.54. The molecule has 3 aromatic rings. The molecule has 4 unspecified atom stereocenters. The summed E-state index contributed by atoms with van der Waals surface area (Å²) in [6.45, 7) is 9.92. The molecule has 0 spiro atoms. The number of fused-ring (bicyclic) bond motifs is 2. The Hall–Kier alpha value is -4.24. The highest BCUT2D eigenvalue weighted by atomic mass is 16.3. The Kier molecular flexibility index (Phi) is 6.54. The lowest BCUT2D eigenvalue weighted by atomic mass is 9.53. The molecule has 0 saturated heterocycles. The van der Waals surface area contributed by atoms with Gasteiger partial charge in [0.05, 0.1) is 5.60 Å². The van der Waals surface area contributed by atoms with Crippen LogP contribution < -0.4 is 0 Å². The van der Waals surface area contributed by atoms with Gasteiger partial charge in [-0.25, -0.2) is 0 Å². The smallest absolute Gasteiger partial charge is 0.122 e. The van der Waals surface area contributed by atoms with Crippen LogP contribution >= 0.6 is 0 Å². The van der Waals surface area contributed by atoms with E-state index in [0.717, 1.165) is 50.1 Å². The molecule has 198 valence electrons. The van der Waals surface area contributed by atoms with Gasteiger partial charge in [-0.2, -0.15) is 0 Å². The van der Waals surface area contributed by atoms with Crippen LogP contribution in [0.4, 0.5) is 0 Å². The third-order valence-electron chi connectivity index (χ3n) is 8.73. The van der Waals surface area contributed by atoms with Crippen molar-refractivity contribution in [2.45, 2.75) is 24.5 Å². The third kappa shape index (κ3) is 4.03. The highest BCUT2D eigenvalue weighted by molar-refractivity contribution is 5.78. The van der Waals surface area contributed by atoms with Gasteiger partial charge in [-0.1, -0.05) is 135 Å². The number of allylic oxidation sites excluding steroid dienone is 8. The molecule has 0 amide bonds. The first-order valence-electron chi connectivity index (χ1n) is 13.9. The Bertz CT molecular complexity index is 1630. The molecular formula is C38H34O2. The zero-order valence-electron chi connectivity index (χ0n) is 22.8. The highest BCUT2D eigenvalue weighted by Crippen LogP contribution is 2.59. The molecule has 0 aromatic heterocycles. The van der Waals surface area contributed by atoms with Crippen molar-refractivity contribution in [3.8, 4) is 22.3 Å². The quantitative estimate of drug-likeness (QED) is 0.354. The zero-order valence-corrected chi connectivity index (χ0v) is 22.8. The van der Waals surface area contributed by atoms with Gasteiger partial charge in [-0.15, -0.1) is 0 Å². The van der Waals surface area contributed by atoms with Crippen molar-refractivity contribution in [2.24, 2.45) is 11.8 Å². The monoisotopic (exact) mass is 522 g/mol. The summed E-state index contributed by atoms with van der Waals surface area (Å²) in [6.07, 6.45) is 16.5. The van der Waals surface area contributed by atoms with Gasteiger partial charge in [0.1, 0.15) is 5.60 Å². The fraction of sp³-hybridized carbons (Fsp3) is 0.158. The highest BCUT2D eigenvalue weighted by Gasteiger charge is 2.58. The van der Waals surface area contributed by atoms with Crippen molar-refractivity contribution in [3.05, 3.63) is 168 Å². The minimum Gasteiger partial charge on any atom is -0.385 e. The van der Waals surface area contributed by atoms with Crippen LogP contribution in [0.2, 0.25) is 0 Å². The van der Waals surface area contributed by atoms with Crippen LogP contribution in [0.1, 0.15) is 18.9 Å². The molecule has 3 aliphatic rings. The van der Waals surface area contributed by atoms with E-state index in [1.165, 1.54) is 0 Å². The summed E-state index contributed by atoms with van der Waals surface area (Å²) >= 11 is 0. The average molecular weight is 523 g/mol. The Morgan fingerprint density at radius 1 is 0.750 bits per heavy atom. The van der Waals surface area contributed by atoms with Crippen molar-refractivity contribution >= 4 is 0 Å². The summed E-state index contributed by atoms with van der Waals surface area (Å²) in [4.78, 5) is 0. The van der Waals surface area contributed by atoms with E-state index in [9.17, 15) is 10.2 Å². The minimum atomic E-state index is -1.41. The standard InChI is InChI=1S/C38H34O2/c1-4-26-24-35-36(25-27(26)5-2)38(40,34-20-14-8-13-19-33(34)37(35,3)39)32-22-21-30(28-15-9-6-10-16-28)23-31(32)29-17-11-7-12-18-29/h4-13,15-25,35-36,39-40H,1-2,14H2,3H3. The predicted octanol–water partition coefficient (Wildman–Crippen LogP) is 8.26. The van der Waals surface area contributed by atoms with E-state index in [1.54, 1.807) is 6.08 Å². The molecule has 0 heterocycles. The maximum Gasteiger partial charge on any atom is 0.122 e. The number of rotatable bonds is 5. The van der Waals surface area contributed by atoms with E-state index in [0.29, 0.717) is 6.42 Å². The van der Waals surface area contributed by atoms with Gasteiger partial charge in [0, 0.05) is 11.8 Å². The number of benzene rings is 3. The maximum absolute atomic E-state index is 13.3.